The third-order valence-corrected chi connectivity index (χ3v) is 5.06. The van der Waals surface area contributed by atoms with Crippen molar-refractivity contribution in [2.45, 2.75) is 4.90 Å². The largest absolute Gasteiger partial charge is 0.278 e. The Balaban J connectivity index is 2.41. The summed E-state index contributed by atoms with van der Waals surface area (Å²) in [7, 11) is -3.91. The zero-order valence-corrected chi connectivity index (χ0v) is 14.3. The van der Waals surface area contributed by atoms with Gasteiger partial charge >= 0.3 is 0 Å². The molecule has 4 nitrogen and oxygen atoms in total. The number of benzene rings is 2. The maximum absolute atomic E-state index is 13.2. The summed E-state index contributed by atoms with van der Waals surface area (Å²) >= 11 is 6.51. The van der Waals surface area contributed by atoms with Crippen LogP contribution in [0.1, 0.15) is 5.56 Å². The van der Waals surface area contributed by atoms with Crippen LogP contribution in [0.2, 0.25) is 0 Å². The molecule has 0 aliphatic rings. The summed E-state index contributed by atoms with van der Waals surface area (Å²) in [5.41, 5.74) is 0.00813. The van der Waals surface area contributed by atoms with Crippen LogP contribution in [0.5, 0.6) is 0 Å². The molecule has 0 heterocycles. The van der Waals surface area contributed by atoms with Gasteiger partial charge in [-0.1, -0.05) is 15.9 Å². The molecule has 0 atom stereocenters. The smallest absolute Gasteiger partial charge is 0.261 e. The van der Waals surface area contributed by atoms with Crippen LogP contribution >= 0.6 is 31.9 Å². The molecule has 2 rings (SSSR count). The van der Waals surface area contributed by atoms with Gasteiger partial charge in [0.25, 0.3) is 10.0 Å². The van der Waals surface area contributed by atoms with Gasteiger partial charge in [0.1, 0.15) is 11.9 Å². The van der Waals surface area contributed by atoms with Crippen molar-refractivity contribution >= 4 is 47.6 Å². The zero-order valence-electron chi connectivity index (χ0n) is 10.3. The number of nitriles is 1. The fraction of sp³-hybridized carbons (Fsp3) is 0. The van der Waals surface area contributed by atoms with Gasteiger partial charge in [0.15, 0.2) is 0 Å². The molecule has 0 fully saturated rings. The van der Waals surface area contributed by atoms with Crippen molar-refractivity contribution in [3.8, 4) is 6.07 Å². The van der Waals surface area contributed by atoms with E-state index in [1.54, 1.807) is 24.3 Å². The van der Waals surface area contributed by atoms with Gasteiger partial charge < -0.3 is 0 Å². The predicted octanol–water partition coefficient (Wildman–Crippen LogP) is 4.02. The van der Waals surface area contributed by atoms with Gasteiger partial charge in [-0.2, -0.15) is 5.26 Å². The number of hydrogen-bond donors (Lipinski definition) is 1. The van der Waals surface area contributed by atoms with E-state index >= 15 is 0 Å². The first kappa shape index (κ1) is 15.9. The van der Waals surface area contributed by atoms with E-state index in [-0.39, 0.29) is 10.5 Å². The number of anilines is 1. The number of hydrogen-bond acceptors (Lipinski definition) is 3. The second kappa shape index (κ2) is 6.13. The van der Waals surface area contributed by atoms with Gasteiger partial charge in [-0.25, -0.2) is 12.8 Å². The standard InChI is InChI=1S/C13H7Br2FN2O2S/c14-9-1-4-13(11(15)6-9)18-21(19,20)10-2-3-12(16)8(5-10)7-17/h1-6,18H. The molecular formula is C13H7Br2FN2O2S. The minimum absolute atomic E-state index is 0.185. The Bertz CT molecular complexity index is 848. The number of rotatable bonds is 3. The number of nitrogens with zero attached hydrogens (tertiary/aromatic N) is 1. The molecule has 0 unspecified atom stereocenters. The molecule has 1 N–H and O–H groups in total. The summed E-state index contributed by atoms with van der Waals surface area (Å²) in [6.07, 6.45) is 0. The first-order chi connectivity index (χ1) is 9.83. The van der Waals surface area contributed by atoms with Crippen LogP contribution in [0.4, 0.5) is 10.1 Å². The summed E-state index contributed by atoms with van der Waals surface area (Å²) in [5.74, 6) is -0.763. The third-order valence-electron chi connectivity index (χ3n) is 2.54. The minimum atomic E-state index is -3.91. The highest BCUT2D eigenvalue weighted by Gasteiger charge is 2.17. The van der Waals surface area contributed by atoms with Gasteiger partial charge in [0.05, 0.1) is 16.1 Å². The SMILES string of the molecule is N#Cc1cc(S(=O)(=O)Nc2ccc(Br)cc2Br)ccc1F. The van der Waals surface area contributed by atoms with Crippen molar-refractivity contribution in [1.82, 2.24) is 0 Å². The second-order valence-corrected chi connectivity index (χ2v) is 7.44. The van der Waals surface area contributed by atoms with Crippen LogP contribution < -0.4 is 4.72 Å². The van der Waals surface area contributed by atoms with Crippen LogP contribution in [0.15, 0.2) is 50.2 Å². The number of sulfonamides is 1. The van der Waals surface area contributed by atoms with Crippen molar-refractivity contribution in [3.05, 3.63) is 56.7 Å². The third kappa shape index (κ3) is 3.61. The van der Waals surface area contributed by atoms with Crippen molar-refractivity contribution < 1.29 is 12.8 Å². The van der Waals surface area contributed by atoms with Crippen molar-refractivity contribution in [2.24, 2.45) is 0 Å². The van der Waals surface area contributed by atoms with E-state index < -0.39 is 15.8 Å². The Morgan fingerprint density at radius 1 is 1.14 bits per heavy atom. The average molecular weight is 434 g/mol. The van der Waals surface area contributed by atoms with Gasteiger partial charge in [0.2, 0.25) is 0 Å². The quantitative estimate of drug-likeness (QED) is 0.794. The van der Waals surface area contributed by atoms with Crippen LogP contribution in [0, 0.1) is 17.1 Å². The molecule has 0 bridgehead atoms. The topological polar surface area (TPSA) is 70.0 Å². The van der Waals surface area contributed by atoms with Crippen molar-refractivity contribution in [2.75, 3.05) is 4.72 Å². The van der Waals surface area contributed by atoms with Crippen LogP contribution in [-0.4, -0.2) is 8.42 Å². The van der Waals surface area contributed by atoms with Gasteiger partial charge in [-0.3, -0.25) is 4.72 Å². The Morgan fingerprint density at radius 3 is 2.48 bits per heavy atom. The lowest BCUT2D eigenvalue weighted by Crippen LogP contribution is -2.13. The average Bonchev–Trinajstić information content (AvgIpc) is 2.42. The lowest BCUT2D eigenvalue weighted by Gasteiger charge is -2.10. The molecule has 0 saturated heterocycles. The lowest BCUT2D eigenvalue weighted by atomic mass is 10.2. The van der Waals surface area contributed by atoms with Gasteiger partial charge in [-0.15, -0.1) is 0 Å². The first-order valence-electron chi connectivity index (χ1n) is 5.51. The molecule has 8 heteroatoms. The molecule has 0 saturated carbocycles. The van der Waals surface area contributed by atoms with Crippen molar-refractivity contribution in [3.63, 3.8) is 0 Å². The molecule has 0 amide bonds. The van der Waals surface area contributed by atoms with Crippen molar-refractivity contribution in [1.29, 1.82) is 5.26 Å². The highest BCUT2D eigenvalue weighted by Crippen LogP contribution is 2.28. The molecule has 2 aromatic carbocycles. The summed E-state index contributed by atoms with van der Waals surface area (Å²) in [6.45, 7) is 0. The number of halogens is 3. The second-order valence-electron chi connectivity index (χ2n) is 3.98. The molecule has 21 heavy (non-hydrogen) atoms. The van der Waals surface area contributed by atoms with E-state index in [9.17, 15) is 12.8 Å². The summed E-state index contributed by atoms with van der Waals surface area (Å²) < 4.78 is 41.4. The fourth-order valence-electron chi connectivity index (χ4n) is 1.53. The zero-order chi connectivity index (χ0) is 15.6. The lowest BCUT2D eigenvalue weighted by molar-refractivity contribution is 0.599. The summed E-state index contributed by atoms with van der Waals surface area (Å²) in [5, 5.41) is 8.76. The fourth-order valence-corrected chi connectivity index (χ4v) is 3.92. The van der Waals surface area contributed by atoms with Crippen LogP contribution in [0.25, 0.3) is 0 Å². The maximum Gasteiger partial charge on any atom is 0.261 e. The molecule has 0 aliphatic carbocycles. The molecule has 0 aliphatic heterocycles. The number of nitrogens with one attached hydrogen (secondary N) is 1. The van der Waals surface area contributed by atoms with Crippen LogP contribution in [0.3, 0.4) is 0 Å². The minimum Gasteiger partial charge on any atom is -0.278 e. The molecule has 0 aromatic heterocycles. The Morgan fingerprint density at radius 2 is 1.86 bits per heavy atom. The highest BCUT2D eigenvalue weighted by atomic mass is 79.9. The Kier molecular flexibility index (Phi) is 4.66. The molecule has 108 valence electrons. The van der Waals surface area contributed by atoms with E-state index in [0.717, 1.165) is 22.7 Å². The van der Waals surface area contributed by atoms with Gasteiger partial charge in [-0.05, 0) is 52.3 Å². The summed E-state index contributed by atoms with van der Waals surface area (Å²) in [4.78, 5) is -0.185. The van der Waals surface area contributed by atoms with E-state index in [0.29, 0.717) is 10.2 Å². The molecule has 2 aromatic rings. The van der Waals surface area contributed by atoms with E-state index in [1.807, 2.05) is 0 Å². The predicted molar refractivity (Wildman–Crippen MR) is 83.8 cm³/mol. The van der Waals surface area contributed by atoms with Gasteiger partial charge in [0, 0.05) is 8.95 Å². The first-order valence-corrected chi connectivity index (χ1v) is 8.58. The molecule has 0 spiro atoms. The van der Waals surface area contributed by atoms with E-state index in [1.165, 1.54) is 0 Å². The Labute approximate surface area is 137 Å². The maximum atomic E-state index is 13.2. The monoisotopic (exact) mass is 432 g/mol. The summed E-state index contributed by atoms with van der Waals surface area (Å²) in [6, 6.07) is 9.58. The highest BCUT2D eigenvalue weighted by molar-refractivity contribution is 9.11. The molecular weight excluding hydrogens is 427 g/mol. The normalized spacial score (nSPS) is 11.0. The van der Waals surface area contributed by atoms with E-state index in [4.69, 9.17) is 5.26 Å². The van der Waals surface area contributed by atoms with E-state index in [2.05, 4.69) is 36.6 Å². The van der Waals surface area contributed by atoms with Crippen LogP contribution in [-0.2, 0) is 10.0 Å². The Hall–Kier alpha value is -1.43. The molecule has 0 radical (unpaired) electrons.